The van der Waals surface area contributed by atoms with Gasteiger partial charge in [-0.25, -0.2) is 0 Å². The quantitative estimate of drug-likeness (QED) is 0.0195. The Kier molecular flexibility index (Phi) is 73.8. The SMILES string of the molecule is CC/C=C\C/C=C\C/C=C\C/C=C\C/C=C\C/C=C\C/C=C\CCCCCCCCCCCCCCCCCCCCCC(=O)OC(COC(=O)CCCCCCCCCCCCCCCCCCC/C=C\C/C=C\C/C=C\C/C=C\C/C=C\CC)COP(=O)([O-])OCC[N+](C)(C)C. The lowest BCUT2D eigenvalue weighted by Gasteiger charge is -2.28. The predicted octanol–water partition coefficient (Wildman–Crippen LogP) is 26.6. The molecule has 0 aromatic carbocycles. The monoisotopic (exact) mass is 1380 g/mol. The summed E-state index contributed by atoms with van der Waals surface area (Å²) in [5.41, 5.74) is 0. The lowest BCUT2D eigenvalue weighted by Crippen LogP contribution is -2.37. The summed E-state index contributed by atoms with van der Waals surface area (Å²) < 4.78 is 34.4. The van der Waals surface area contributed by atoms with Crippen molar-refractivity contribution < 1.29 is 42.1 Å². The number of ether oxygens (including phenoxy) is 2. The molecule has 0 amide bonds. The number of hydrogen-bond acceptors (Lipinski definition) is 8. The number of quaternary nitrogens is 1. The number of nitrogens with zero attached hydrogens (tertiary/aromatic N) is 1. The average molecular weight is 1380 g/mol. The number of rotatable bonds is 74. The number of hydrogen-bond donors (Lipinski definition) is 0. The molecule has 0 saturated carbocycles. The fraction of sp³-hybridized carbons (Fsp3) is 0.705. The van der Waals surface area contributed by atoms with Gasteiger partial charge in [-0.1, -0.05) is 365 Å². The molecule has 0 N–H and O–H groups in total. The van der Waals surface area contributed by atoms with E-state index < -0.39 is 26.5 Å². The first-order valence-electron chi connectivity index (χ1n) is 40.5. The van der Waals surface area contributed by atoms with Crippen molar-refractivity contribution in [1.29, 1.82) is 0 Å². The van der Waals surface area contributed by atoms with Crippen LogP contribution in [0.3, 0.4) is 0 Å². The molecule has 0 radical (unpaired) electrons. The third-order valence-corrected chi connectivity index (χ3v) is 18.3. The third kappa shape index (κ3) is 80.9. The number of phosphoric acid groups is 1. The van der Waals surface area contributed by atoms with E-state index in [1.54, 1.807) is 0 Å². The fourth-order valence-electron chi connectivity index (χ4n) is 11.3. The van der Waals surface area contributed by atoms with E-state index in [2.05, 4.69) is 160 Å². The summed E-state index contributed by atoms with van der Waals surface area (Å²) >= 11 is 0. The lowest BCUT2D eigenvalue weighted by atomic mass is 10.0. The number of likely N-dealkylation sites (N-methyl/N-ethyl adjacent to an activating group) is 1. The first-order chi connectivity index (χ1) is 48.0. The molecule has 0 heterocycles. The molecule has 9 nitrogen and oxygen atoms in total. The van der Waals surface area contributed by atoms with Crippen LogP contribution in [0.15, 0.2) is 146 Å². The van der Waals surface area contributed by atoms with Gasteiger partial charge < -0.3 is 27.9 Å². The first kappa shape index (κ1) is 93.9. The van der Waals surface area contributed by atoms with Crippen LogP contribution in [0, 0.1) is 0 Å². The van der Waals surface area contributed by atoms with E-state index in [-0.39, 0.29) is 32.0 Å². The molecule has 2 atom stereocenters. The Hall–Kier alpha value is -4.11. The summed E-state index contributed by atoms with van der Waals surface area (Å²) in [5, 5.41) is 0. The van der Waals surface area contributed by atoms with Crippen LogP contribution >= 0.6 is 7.82 Å². The Labute approximate surface area is 605 Å². The Balaban J connectivity index is 3.96. The minimum absolute atomic E-state index is 0.0335. The van der Waals surface area contributed by atoms with Gasteiger partial charge in [0.25, 0.3) is 7.82 Å². The van der Waals surface area contributed by atoms with E-state index in [0.717, 1.165) is 116 Å². The summed E-state index contributed by atoms with van der Waals surface area (Å²) in [6.45, 7) is 4.05. The van der Waals surface area contributed by atoms with E-state index in [9.17, 15) is 19.0 Å². The van der Waals surface area contributed by atoms with E-state index in [4.69, 9.17) is 18.5 Å². The van der Waals surface area contributed by atoms with Gasteiger partial charge in [0.15, 0.2) is 6.10 Å². The van der Waals surface area contributed by atoms with Crippen molar-refractivity contribution in [1.82, 2.24) is 0 Å². The van der Waals surface area contributed by atoms with Crippen LogP contribution in [-0.4, -0.2) is 70.0 Å². The normalized spacial score (nSPS) is 13.8. The van der Waals surface area contributed by atoms with Crippen molar-refractivity contribution >= 4 is 19.8 Å². The molecule has 0 fully saturated rings. The highest BCUT2D eigenvalue weighted by atomic mass is 31.2. The average Bonchev–Trinajstić information content (AvgIpc) is 1.08. The molecular formula is C88H152NO8P. The van der Waals surface area contributed by atoms with Crippen molar-refractivity contribution in [3.63, 3.8) is 0 Å². The molecule has 0 aliphatic rings. The van der Waals surface area contributed by atoms with Gasteiger partial charge >= 0.3 is 11.9 Å². The smallest absolute Gasteiger partial charge is 0.306 e. The maximum Gasteiger partial charge on any atom is 0.306 e. The summed E-state index contributed by atoms with van der Waals surface area (Å²) in [5.74, 6) is -0.823. The molecule has 0 aliphatic carbocycles. The van der Waals surface area contributed by atoms with Crippen LogP contribution in [0.5, 0.6) is 0 Å². The van der Waals surface area contributed by atoms with Gasteiger partial charge in [0.05, 0.1) is 27.7 Å². The molecule has 0 aromatic rings. The number of carbonyl (C=O) groups is 2. The van der Waals surface area contributed by atoms with Crippen LogP contribution in [0.4, 0.5) is 0 Å². The molecule has 0 spiro atoms. The molecule has 0 rings (SSSR count). The zero-order valence-electron chi connectivity index (χ0n) is 64.2. The van der Waals surface area contributed by atoms with Crippen molar-refractivity contribution in [3.05, 3.63) is 146 Å². The predicted molar refractivity (Wildman–Crippen MR) is 424 cm³/mol. The largest absolute Gasteiger partial charge is 0.756 e. The highest BCUT2D eigenvalue weighted by Crippen LogP contribution is 2.38. The highest BCUT2D eigenvalue weighted by Gasteiger charge is 2.22. The number of phosphoric ester groups is 1. The fourth-order valence-corrected chi connectivity index (χ4v) is 12.0. The van der Waals surface area contributed by atoms with E-state index in [1.807, 2.05) is 21.1 Å². The Morgan fingerprint density at radius 1 is 0.316 bits per heavy atom. The Morgan fingerprint density at radius 3 is 0.816 bits per heavy atom. The number of esters is 2. The zero-order chi connectivity index (χ0) is 71.1. The molecule has 562 valence electrons. The molecular weight excluding hydrogens is 1230 g/mol. The number of carbonyl (C=O) groups excluding carboxylic acids is 2. The van der Waals surface area contributed by atoms with Gasteiger partial charge in [-0.05, 0) is 116 Å². The van der Waals surface area contributed by atoms with Gasteiger partial charge in [-0.2, -0.15) is 0 Å². The van der Waals surface area contributed by atoms with E-state index in [1.165, 1.54) is 199 Å². The Bertz CT molecular complexity index is 2170. The minimum Gasteiger partial charge on any atom is -0.756 e. The first-order valence-corrected chi connectivity index (χ1v) is 42.0. The van der Waals surface area contributed by atoms with Gasteiger partial charge in [0.1, 0.15) is 19.8 Å². The number of unbranched alkanes of at least 4 members (excludes halogenated alkanes) is 36. The summed E-state index contributed by atoms with van der Waals surface area (Å²) in [7, 11) is 1.17. The van der Waals surface area contributed by atoms with Crippen LogP contribution in [-0.2, 0) is 32.7 Å². The molecule has 0 aliphatic heterocycles. The molecule has 0 saturated heterocycles. The third-order valence-electron chi connectivity index (χ3n) is 17.4. The summed E-state index contributed by atoms with van der Waals surface area (Å²) in [4.78, 5) is 38.2. The standard InChI is InChI=1S/C88H152NO8P/c1-6-8-10-12-14-16-18-20-22-24-26-28-30-32-34-36-38-40-41-42-43-44-45-46-47-49-51-53-55-57-59-61-63-65-67-69-71-73-75-77-79-81-88(91)97-86(85-96-98(92,93)95-83-82-89(3,4)5)84-94-87(90)80-78-76-74-72-70-68-66-64-62-60-58-56-54-52-50-48-39-37-35-33-31-29-27-25-23-21-19-17-15-13-11-9-7-2/h8-11,14-17,20-23,26-29,32-35,38,40,42-43,86H,6-7,12-13,18-19,24-25,30-31,36-37,39,41,44-85H2,1-5H3/b10-8-,11-9-,16-14-,17-15-,22-20-,23-21-,28-26-,29-27-,34-32-,35-33-,40-38-,43-42-. The summed E-state index contributed by atoms with van der Waals surface area (Å²) in [6, 6.07) is 0. The molecule has 0 aromatic heterocycles. The second-order valence-electron chi connectivity index (χ2n) is 28.0. The second kappa shape index (κ2) is 77.1. The van der Waals surface area contributed by atoms with Crippen LogP contribution < -0.4 is 4.89 Å². The van der Waals surface area contributed by atoms with E-state index in [0.29, 0.717) is 17.4 Å². The maximum absolute atomic E-state index is 12.9. The Morgan fingerprint density at radius 2 is 0.551 bits per heavy atom. The lowest BCUT2D eigenvalue weighted by molar-refractivity contribution is -0.870. The van der Waals surface area contributed by atoms with Crippen LogP contribution in [0.25, 0.3) is 0 Å². The van der Waals surface area contributed by atoms with Gasteiger partial charge in [0, 0.05) is 12.8 Å². The van der Waals surface area contributed by atoms with Crippen molar-refractivity contribution in [2.24, 2.45) is 0 Å². The molecule has 0 bridgehead atoms. The molecule has 2 unspecified atom stereocenters. The topological polar surface area (TPSA) is 111 Å². The number of allylic oxidation sites excluding steroid dienone is 24. The second-order valence-corrected chi connectivity index (χ2v) is 29.4. The summed E-state index contributed by atoms with van der Waals surface area (Å²) in [6.07, 6.45) is 114. The van der Waals surface area contributed by atoms with Gasteiger partial charge in [-0.3, -0.25) is 14.2 Å². The molecule has 10 heteroatoms. The minimum atomic E-state index is -4.65. The van der Waals surface area contributed by atoms with Gasteiger partial charge in [0.2, 0.25) is 0 Å². The van der Waals surface area contributed by atoms with Crippen LogP contribution in [0.1, 0.15) is 348 Å². The zero-order valence-corrected chi connectivity index (χ0v) is 65.1. The molecule has 98 heavy (non-hydrogen) atoms. The van der Waals surface area contributed by atoms with Crippen molar-refractivity contribution in [2.75, 3.05) is 47.5 Å². The van der Waals surface area contributed by atoms with Crippen molar-refractivity contribution in [3.8, 4) is 0 Å². The maximum atomic E-state index is 12.9. The van der Waals surface area contributed by atoms with E-state index >= 15 is 0 Å². The highest BCUT2D eigenvalue weighted by molar-refractivity contribution is 7.45. The van der Waals surface area contributed by atoms with Crippen molar-refractivity contribution in [2.45, 2.75) is 354 Å². The van der Waals surface area contributed by atoms with Gasteiger partial charge in [-0.15, -0.1) is 0 Å². The van der Waals surface area contributed by atoms with Crippen LogP contribution in [0.2, 0.25) is 0 Å².